The lowest BCUT2D eigenvalue weighted by molar-refractivity contribution is 0.601. The van der Waals surface area contributed by atoms with Gasteiger partial charge in [0.25, 0.3) is 10.0 Å². The summed E-state index contributed by atoms with van der Waals surface area (Å²) >= 11 is 11.6. The lowest BCUT2D eigenvalue weighted by atomic mass is 10.2. The normalized spacial score (nSPS) is 11.4. The second-order valence-corrected chi connectivity index (χ2v) is 6.91. The van der Waals surface area contributed by atoms with Gasteiger partial charge in [-0.2, -0.15) is 0 Å². The molecular weight excluding hydrogens is 331 g/mol. The number of halogens is 2. The summed E-state index contributed by atoms with van der Waals surface area (Å²) in [7, 11) is -1.87. The molecule has 0 amide bonds. The molecule has 0 aliphatic rings. The molecule has 0 spiro atoms. The number of hydrogen-bond donors (Lipinski definition) is 2. The van der Waals surface area contributed by atoms with Crippen molar-refractivity contribution in [3.63, 3.8) is 0 Å². The summed E-state index contributed by atoms with van der Waals surface area (Å²) in [6.07, 6.45) is 0. The Kier molecular flexibility index (Phi) is 5.11. The summed E-state index contributed by atoms with van der Waals surface area (Å²) in [6, 6.07) is 11.3. The van der Waals surface area contributed by atoms with Gasteiger partial charge in [-0.25, -0.2) is 8.42 Å². The molecule has 0 bridgehead atoms. The Balaban J connectivity index is 2.28. The first kappa shape index (κ1) is 16.1. The molecule has 2 aromatic rings. The van der Waals surface area contributed by atoms with Gasteiger partial charge in [0.05, 0.1) is 14.9 Å². The van der Waals surface area contributed by atoms with Gasteiger partial charge in [0.15, 0.2) is 0 Å². The van der Waals surface area contributed by atoms with Crippen molar-refractivity contribution in [1.29, 1.82) is 0 Å². The van der Waals surface area contributed by atoms with Crippen LogP contribution in [0.1, 0.15) is 5.56 Å². The lowest BCUT2D eigenvalue weighted by Gasteiger charge is -2.10. The number of hydrogen-bond acceptors (Lipinski definition) is 3. The monoisotopic (exact) mass is 344 g/mol. The van der Waals surface area contributed by atoms with Gasteiger partial charge in [-0.3, -0.25) is 4.72 Å². The highest BCUT2D eigenvalue weighted by Crippen LogP contribution is 2.26. The van der Waals surface area contributed by atoms with Crippen LogP contribution in [0.4, 0.5) is 5.69 Å². The fourth-order valence-electron chi connectivity index (χ4n) is 1.81. The topological polar surface area (TPSA) is 58.2 Å². The minimum atomic E-state index is -3.70. The molecule has 0 heterocycles. The molecule has 0 aromatic heterocycles. The fourth-order valence-corrected chi connectivity index (χ4v) is 3.25. The van der Waals surface area contributed by atoms with Crippen molar-refractivity contribution in [3.8, 4) is 0 Å². The third-order valence-corrected chi connectivity index (χ3v) is 4.88. The number of nitrogens with one attached hydrogen (secondary N) is 2. The Bertz CT molecular complexity index is 748. The molecule has 21 heavy (non-hydrogen) atoms. The van der Waals surface area contributed by atoms with Crippen LogP contribution in [-0.4, -0.2) is 15.5 Å². The molecule has 0 unspecified atom stereocenters. The molecule has 7 heteroatoms. The van der Waals surface area contributed by atoms with Crippen molar-refractivity contribution in [1.82, 2.24) is 5.32 Å². The van der Waals surface area contributed by atoms with E-state index in [-0.39, 0.29) is 9.92 Å². The van der Waals surface area contributed by atoms with E-state index in [0.717, 1.165) is 5.56 Å². The minimum absolute atomic E-state index is 0.0657. The van der Waals surface area contributed by atoms with E-state index in [1.165, 1.54) is 18.2 Å². The highest BCUT2D eigenvalue weighted by Gasteiger charge is 2.15. The largest absolute Gasteiger partial charge is 0.316 e. The van der Waals surface area contributed by atoms with E-state index in [9.17, 15) is 8.42 Å². The summed E-state index contributed by atoms with van der Waals surface area (Å²) < 4.78 is 27.1. The maximum atomic E-state index is 12.3. The van der Waals surface area contributed by atoms with Crippen molar-refractivity contribution in [2.45, 2.75) is 11.4 Å². The van der Waals surface area contributed by atoms with Gasteiger partial charge >= 0.3 is 0 Å². The maximum Gasteiger partial charge on any atom is 0.261 e. The van der Waals surface area contributed by atoms with Crippen molar-refractivity contribution in [3.05, 3.63) is 58.1 Å². The first-order valence-electron chi connectivity index (χ1n) is 6.14. The quantitative estimate of drug-likeness (QED) is 0.872. The molecule has 0 aliphatic carbocycles. The first-order valence-corrected chi connectivity index (χ1v) is 8.38. The molecule has 0 fully saturated rings. The fraction of sp³-hybridized carbons (Fsp3) is 0.143. The van der Waals surface area contributed by atoms with E-state index in [0.29, 0.717) is 17.3 Å². The van der Waals surface area contributed by atoms with Crippen LogP contribution < -0.4 is 10.0 Å². The summed E-state index contributed by atoms with van der Waals surface area (Å²) in [5.74, 6) is 0. The van der Waals surface area contributed by atoms with Crippen molar-refractivity contribution in [2.24, 2.45) is 0 Å². The van der Waals surface area contributed by atoms with E-state index in [4.69, 9.17) is 23.2 Å². The van der Waals surface area contributed by atoms with Crippen molar-refractivity contribution < 1.29 is 8.42 Å². The van der Waals surface area contributed by atoms with E-state index < -0.39 is 10.0 Å². The van der Waals surface area contributed by atoms with Crippen LogP contribution in [-0.2, 0) is 16.6 Å². The summed E-state index contributed by atoms with van der Waals surface area (Å²) in [4.78, 5) is 0.0657. The number of rotatable bonds is 5. The average Bonchev–Trinajstić information content (AvgIpc) is 2.42. The Morgan fingerprint density at radius 1 is 1.05 bits per heavy atom. The molecule has 2 aromatic carbocycles. The average molecular weight is 345 g/mol. The predicted molar refractivity (Wildman–Crippen MR) is 86.5 cm³/mol. The molecule has 0 radical (unpaired) electrons. The number of anilines is 1. The molecule has 0 saturated carbocycles. The lowest BCUT2D eigenvalue weighted by Crippen LogP contribution is -2.13. The highest BCUT2D eigenvalue weighted by atomic mass is 35.5. The van der Waals surface area contributed by atoms with E-state index in [1.54, 1.807) is 18.2 Å². The molecule has 2 N–H and O–H groups in total. The predicted octanol–water partition coefficient (Wildman–Crippen LogP) is 3.51. The molecule has 0 saturated heterocycles. The molecule has 4 nitrogen and oxygen atoms in total. The summed E-state index contributed by atoms with van der Waals surface area (Å²) in [6.45, 7) is 0.655. The van der Waals surface area contributed by atoms with Gasteiger partial charge in [0, 0.05) is 12.2 Å². The van der Waals surface area contributed by atoms with Crippen LogP contribution in [0.15, 0.2) is 47.4 Å². The zero-order chi connectivity index (χ0) is 15.5. The Hall–Kier alpha value is -1.27. The van der Waals surface area contributed by atoms with Crippen LogP contribution in [0.3, 0.4) is 0 Å². The van der Waals surface area contributed by atoms with E-state index in [1.807, 2.05) is 13.1 Å². The number of benzene rings is 2. The van der Waals surface area contributed by atoms with Gasteiger partial charge in [-0.15, -0.1) is 0 Å². The van der Waals surface area contributed by atoms with Crippen LogP contribution in [0.5, 0.6) is 0 Å². The zero-order valence-corrected chi connectivity index (χ0v) is 13.6. The zero-order valence-electron chi connectivity index (χ0n) is 11.2. The van der Waals surface area contributed by atoms with E-state index >= 15 is 0 Å². The minimum Gasteiger partial charge on any atom is -0.316 e. The second kappa shape index (κ2) is 6.66. The SMILES string of the molecule is CNCc1cccc(NS(=O)(=O)c2ccc(Cl)c(Cl)c2)c1. The van der Waals surface area contributed by atoms with Gasteiger partial charge in [-0.1, -0.05) is 35.3 Å². The Labute approximate surface area is 134 Å². The van der Waals surface area contributed by atoms with Gasteiger partial charge in [-0.05, 0) is 42.9 Å². The van der Waals surface area contributed by atoms with Crippen LogP contribution in [0.25, 0.3) is 0 Å². The molecule has 0 aliphatic heterocycles. The van der Waals surface area contributed by atoms with Gasteiger partial charge < -0.3 is 5.32 Å². The second-order valence-electron chi connectivity index (χ2n) is 4.41. The smallest absolute Gasteiger partial charge is 0.261 e. The third-order valence-electron chi connectivity index (χ3n) is 2.76. The molecule has 112 valence electrons. The Morgan fingerprint density at radius 3 is 2.48 bits per heavy atom. The summed E-state index contributed by atoms with van der Waals surface area (Å²) in [5, 5.41) is 3.52. The highest BCUT2D eigenvalue weighted by molar-refractivity contribution is 7.92. The van der Waals surface area contributed by atoms with Crippen LogP contribution in [0.2, 0.25) is 10.0 Å². The molecular formula is C14H14Cl2N2O2S. The van der Waals surface area contributed by atoms with Crippen LogP contribution in [0, 0.1) is 0 Å². The van der Waals surface area contributed by atoms with Gasteiger partial charge in [0.2, 0.25) is 0 Å². The van der Waals surface area contributed by atoms with E-state index in [2.05, 4.69) is 10.0 Å². The van der Waals surface area contributed by atoms with Crippen molar-refractivity contribution in [2.75, 3.05) is 11.8 Å². The van der Waals surface area contributed by atoms with Crippen molar-refractivity contribution >= 4 is 38.9 Å². The standard InChI is InChI=1S/C14H14Cl2N2O2S/c1-17-9-10-3-2-4-11(7-10)18-21(19,20)12-5-6-13(15)14(16)8-12/h2-8,17-18H,9H2,1H3. The molecule has 2 rings (SSSR count). The third kappa shape index (κ3) is 4.11. The number of sulfonamides is 1. The van der Waals surface area contributed by atoms with Crippen LogP contribution >= 0.6 is 23.2 Å². The van der Waals surface area contributed by atoms with Gasteiger partial charge in [0.1, 0.15) is 0 Å². The summed E-state index contributed by atoms with van der Waals surface area (Å²) in [5.41, 5.74) is 1.47. The Morgan fingerprint density at radius 2 is 1.81 bits per heavy atom. The maximum absolute atomic E-state index is 12.3. The first-order chi connectivity index (χ1) is 9.92. The molecule has 0 atom stereocenters.